The van der Waals surface area contributed by atoms with Crippen LogP contribution in [0.15, 0.2) is 24.3 Å². The van der Waals surface area contributed by atoms with Gasteiger partial charge < -0.3 is 10.2 Å². The molecule has 3 nitrogen and oxygen atoms in total. The van der Waals surface area contributed by atoms with Crippen molar-refractivity contribution in [3.8, 4) is 0 Å². The normalized spacial score (nSPS) is 28.0. The van der Waals surface area contributed by atoms with Crippen LogP contribution in [0, 0.1) is 5.82 Å². The molecule has 0 aliphatic heterocycles. The Bertz CT molecular complexity index is 446. The van der Waals surface area contributed by atoms with Gasteiger partial charge in [0.15, 0.2) is 0 Å². The van der Waals surface area contributed by atoms with Gasteiger partial charge in [-0.2, -0.15) is 0 Å². The summed E-state index contributed by atoms with van der Waals surface area (Å²) in [6.07, 6.45) is 2.63. The van der Waals surface area contributed by atoms with Crippen LogP contribution in [-0.2, 0) is 4.79 Å². The average molecular weight is 252 g/mol. The van der Waals surface area contributed by atoms with Crippen LogP contribution in [0.25, 0.3) is 0 Å². The van der Waals surface area contributed by atoms with Crippen molar-refractivity contribution in [1.82, 2.24) is 0 Å². The minimum atomic E-state index is -1.25. The summed E-state index contributed by atoms with van der Waals surface area (Å²) in [5, 5.41) is 19.5. The van der Waals surface area contributed by atoms with Gasteiger partial charge >= 0.3 is 5.97 Å². The molecule has 2 N–H and O–H groups in total. The fourth-order valence-corrected chi connectivity index (χ4v) is 2.90. The molecular weight excluding hydrogens is 235 g/mol. The Morgan fingerprint density at radius 3 is 2.89 bits per heavy atom. The molecule has 4 heteroatoms. The van der Waals surface area contributed by atoms with Gasteiger partial charge in [-0.3, -0.25) is 4.79 Å². The molecule has 0 spiro atoms. The van der Waals surface area contributed by atoms with Gasteiger partial charge in [-0.25, -0.2) is 4.39 Å². The molecule has 98 valence electrons. The number of hydrogen-bond donors (Lipinski definition) is 2. The summed E-state index contributed by atoms with van der Waals surface area (Å²) in [6, 6.07) is 6.09. The highest BCUT2D eigenvalue weighted by atomic mass is 19.1. The van der Waals surface area contributed by atoms with E-state index in [2.05, 4.69) is 0 Å². The molecule has 1 aromatic rings. The van der Waals surface area contributed by atoms with Crippen molar-refractivity contribution in [2.75, 3.05) is 0 Å². The lowest BCUT2D eigenvalue weighted by Crippen LogP contribution is -2.41. The summed E-state index contributed by atoms with van der Waals surface area (Å²) in [5.74, 6) is -1.66. The summed E-state index contributed by atoms with van der Waals surface area (Å²) in [7, 11) is 0. The van der Waals surface area contributed by atoms with E-state index >= 15 is 0 Å². The summed E-state index contributed by atoms with van der Waals surface area (Å²) in [6.45, 7) is 0. The van der Waals surface area contributed by atoms with E-state index in [1.807, 2.05) is 0 Å². The maximum absolute atomic E-state index is 13.2. The number of benzene rings is 1. The summed E-state index contributed by atoms with van der Waals surface area (Å²) in [4.78, 5) is 10.9. The van der Waals surface area contributed by atoms with Crippen LogP contribution in [0.4, 0.5) is 4.39 Å². The van der Waals surface area contributed by atoms with E-state index in [1.165, 1.54) is 12.1 Å². The van der Waals surface area contributed by atoms with Gasteiger partial charge in [0.1, 0.15) is 5.82 Å². The van der Waals surface area contributed by atoms with Crippen LogP contribution >= 0.6 is 0 Å². The number of carboxylic acids is 1. The van der Waals surface area contributed by atoms with Crippen molar-refractivity contribution in [3.63, 3.8) is 0 Å². The SMILES string of the molecule is O=C(O)CC1(O)CCCCC1c1cccc(F)c1. The Labute approximate surface area is 105 Å². The molecule has 0 aromatic heterocycles. The highest BCUT2D eigenvalue weighted by Crippen LogP contribution is 2.43. The van der Waals surface area contributed by atoms with Crippen LogP contribution in [0.3, 0.4) is 0 Å². The van der Waals surface area contributed by atoms with Crippen LogP contribution < -0.4 is 0 Å². The first-order valence-electron chi connectivity index (χ1n) is 6.21. The minimum absolute atomic E-state index is 0.284. The summed E-state index contributed by atoms with van der Waals surface area (Å²) in [5.41, 5.74) is -0.559. The second-order valence-electron chi connectivity index (χ2n) is 5.03. The molecular formula is C14H17FO3. The van der Waals surface area contributed by atoms with Gasteiger partial charge in [-0.15, -0.1) is 0 Å². The highest BCUT2D eigenvalue weighted by molar-refractivity contribution is 5.68. The first-order chi connectivity index (χ1) is 8.51. The van der Waals surface area contributed by atoms with Gasteiger partial charge in [0.2, 0.25) is 0 Å². The van der Waals surface area contributed by atoms with E-state index in [9.17, 15) is 14.3 Å². The lowest BCUT2D eigenvalue weighted by Gasteiger charge is -2.39. The first kappa shape index (κ1) is 13.0. The number of carboxylic acid groups (broad SMARTS) is 1. The molecule has 2 unspecified atom stereocenters. The van der Waals surface area contributed by atoms with Crippen molar-refractivity contribution >= 4 is 5.97 Å². The summed E-state index contributed by atoms with van der Waals surface area (Å²) >= 11 is 0. The van der Waals surface area contributed by atoms with Crippen molar-refractivity contribution in [1.29, 1.82) is 0 Å². The molecule has 18 heavy (non-hydrogen) atoms. The van der Waals surface area contributed by atoms with Gasteiger partial charge in [0.25, 0.3) is 0 Å². The van der Waals surface area contributed by atoms with E-state index in [1.54, 1.807) is 12.1 Å². The van der Waals surface area contributed by atoms with E-state index in [4.69, 9.17) is 5.11 Å². The van der Waals surface area contributed by atoms with E-state index in [0.717, 1.165) is 12.8 Å². The quantitative estimate of drug-likeness (QED) is 0.869. The van der Waals surface area contributed by atoms with E-state index in [0.29, 0.717) is 18.4 Å². The lowest BCUT2D eigenvalue weighted by atomic mass is 9.70. The molecule has 1 saturated carbocycles. The van der Waals surface area contributed by atoms with Crippen LogP contribution in [0.2, 0.25) is 0 Å². The molecule has 2 atom stereocenters. The Balaban J connectivity index is 2.30. The zero-order valence-corrected chi connectivity index (χ0v) is 10.1. The van der Waals surface area contributed by atoms with Crippen molar-refractivity contribution in [3.05, 3.63) is 35.6 Å². The van der Waals surface area contributed by atoms with Crippen molar-refractivity contribution < 1.29 is 19.4 Å². The molecule has 1 aromatic carbocycles. The molecule has 0 heterocycles. The largest absolute Gasteiger partial charge is 0.481 e. The average Bonchev–Trinajstić information content (AvgIpc) is 2.27. The number of halogens is 1. The second kappa shape index (κ2) is 5.06. The fourth-order valence-electron chi connectivity index (χ4n) is 2.90. The van der Waals surface area contributed by atoms with Gasteiger partial charge in [0.05, 0.1) is 12.0 Å². The number of hydrogen-bond acceptors (Lipinski definition) is 2. The van der Waals surface area contributed by atoms with Crippen molar-refractivity contribution in [2.24, 2.45) is 0 Å². The third-order valence-electron chi connectivity index (χ3n) is 3.71. The Morgan fingerprint density at radius 2 is 2.22 bits per heavy atom. The number of carbonyl (C=O) groups is 1. The predicted octanol–water partition coefficient (Wildman–Crippen LogP) is 2.69. The zero-order chi connectivity index (χ0) is 13.2. The lowest BCUT2D eigenvalue weighted by molar-refractivity contribution is -0.145. The number of rotatable bonds is 3. The molecule has 1 aliphatic carbocycles. The predicted molar refractivity (Wildman–Crippen MR) is 64.8 cm³/mol. The molecule has 0 radical (unpaired) electrons. The topological polar surface area (TPSA) is 57.5 Å². The molecule has 0 amide bonds. The maximum atomic E-state index is 13.2. The molecule has 0 bridgehead atoms. The van der Waals surface area contributed by atoms with E-state index in [-0.39, 0.29) is 18.2 Å². The molecule has 1 fully saturated rings. The Hall–Kier alpha value is -1.42. The number of aliphatic carboxylic acids is 1. The standard InChI is InChI=1S/C14H17FO3/c15-11-5-3-4-10(8-11)12-6-1-2-7-14(12,18)9-13(16)17/h3-5,8,12,18H,1-2,6-7,9H2,(H,16,17). The molecule has 1 aliphatic rings. The van der Waals surface area contributed by atoms with Gasteiger partial charge in [-0.1, -0.05) is 25.0 Å². The van der Waals surface area contributed by atoms with Crippen molar-refractivity contribution in [2.45, 2.75) is 43.6 Å². The fraction of sp³-hybridized carbons (Fsp3) is 0.500. The smallest absolute Gasteiger partial charge is 0.306 e. The third-order valence-corrected chi connectivity index (χ3v) is 3.71. The minimum Gasteiger partial charge on any atom is -0.481 e. The molecule has 0 saturated heterocycles. The molecule has 2 rings (SSSR count). The highest BCUT2D eigenvalue weighted by Gasteiger charge is 2.41. The van der Waals surface area contributed by atoms with Crippen LogP contribution in [-0.4, -0.2) is 21.8 Å². The zero-order valence-electron chi connectivity index (χ0n) is 10.1. The van der Waals surface area contributed by atoms with Gasteiger partial charge in [-0.05, 0) is 30.5 Å². The second-order valence-corrected chi connectivity index (χ2v) is 5.03. The third kappa shape index (κ3) is 2.70. The van der Waals surface area contributed by atoms with E-state index < -0.39 is 11.6 Å². The monoisotopic (exact) mass is 252 g/mol. The number of aliphatic hydroxyl groups is 1. The van der Waals surface area contributed by atoms with Gasteiger partial charge in [0, 0.05) is 5.92 Å². The maximum Gasteiger partial charge on any atom is 0.306 e. The Kier molecular flexibility index (Phi) is 3.66. The first-order valence-corrected chi connectivity index (χ1v) is 6.21. The van der Waals surface area contributed by atoms with Crippen LogP contribution in [0.1, 0.15) is 43.6 Å². The Morgan fingerprint density at radius 1 is 1.44 bits per heavy atom. The summed E-state index contributed by atoms with van der Waals surface area (Å²) < 4.78 is 13.2. The van der Waals surface area contributed by atoms with Crippen LogP contribution in [0.5, 0.6) is 0 Å².